The van der Waals surface area contributed by atoms with E-state index < -0.39 is 0 Å². The van der Waals surface area contributed by atoms with E-state index in [1.54, 1.807) is 22.3 Å². The maximum atomic E-state index is 13.3. The van der Waals surface area contributed by atoms with Crippen LogP contribution in [0.2, 0.25) is 5.02 Å². The number of halogens is 2. The average molecular weight is 427 g/mol. The number of hydrogen-bond donors (Lipinski definition) is 0. The van der Waals surface area contributed by atoms with E-state index >= 15 is 0 Å². The van der Waals surface area contributed by atoms with Crippen LogP contribution in [0.25, 0.3) is 5.78 Å². The lowest BCUT2D eigenvalue weighted by Crippen LogP contribution is -2.06. The molecule has 2 aromatic heterocycles. The van der Waals surface area contributed by atoms with Gasteiger partial charge in [0.2, 0.25) is 5.16 Å². The number of benzene rings is 2. The lowest BCUT2D eigenvalue weighted by atomic mass is 10.0. The third kappa shape index (κ3) is 4.28. The summed E-state index contributed by atoms with van der Waals surface area (Å²) in [6.07, 6.45) is 0.561. The fourth-order valence-corrected chi connectivity index (χ4v) is 4.20. The summed E-state index contributed by atoms with van der Waals surface area (Å²) < 4.78 is 15.1. The third-order valence-electron chi connectivity index (χ3n) is 4.90. The predicted molar refractivity (Wildman–Crippen MR) is 115 cm³/mol. The van der Waals surface area contributed by atoms with Crippen molar-refractivity contribution in [1.29, 1.82) is 0 Å². The number of hydrogen-bond acceptors (Lipinski definition) is 4. The van der Waals surface area contributed by atoms with Crippen LogP contribution in [0, 0.1) is 26.6 Å². The zero-order chi connectivity index (χ0) is 20.5. The summed E-state index contributed by atoms with van der Waals surface area (Å²) in [7, 11) is 0. The SMILES string of the molecule is Cc1ccc(CSc2nc3nc(C)c(Cc4ccc(F)cc4Cl)c(C)n3n2)cc1. The molecule has 0 atom stereocenters. The van der Waals surface area contributed by atoms with Crippen LogP contribution in [-0.4, -0.2) is 19.6 Å². The Bertz CT molecular complexity index is 1190. The summed E-state index contributed by atoms with van der Waals surface area (Å²) in [5.74, 6) is 1.04. The van der Waals surface area contributed by atoms with E-state index in [1.165, 1.54) is 23.3 Å². The maximum absolute atomic E-state index is 13.3. The molecule has 148 valence electrons. The highest BCUT2D eigenvalue weighted by Gasteiger charge is 2.15. The van der Waals surface area contributed by atoms with Crippen molar-refractivity contribution in [2.75, 3.05) is 0 Å². The quantitative estimate of drug-likeness (QED) is 0.382. The molecule has 2 aromatic carbocycles. The van der Waals surface area contributed by atoms with Crippen molar-refractivity contribution in [2.45, 2.75) is 38.1 Å². The van der Waals surface area contributed by atoms with Gasteiger partial charge in [0, 0.05) is 28.6 Å². The first-order chi connectivity index (χ1) is 13.9. The van der Waals surface area contributed by atoms with E-state index in [-0.39, 0.29) is 5.82 Å². The van der Waals surface area contributed by atoms with Crippen molar-refractivity contribution < 1.29 is 4.39 Å². The number of fused-ring (bicyclic) bond motifs is 1. The second-order valence-electron chi connectivity index (χ2n) is 7.05. The molecule has 4 rings (SSSR count). The minimum Gasteiger partial charge on any atom is -0.216 e. The average Bonchev–Trinajstić information content (AvgIpc) is 3.09. The molecule has 0 radical (unpaired) electrons. The van der Waals surface area contributed by atoms with Gasteiger partial charge in [-0.15, -0.1) is 5.10 Å². The van der Waals surface area contributed by atoms with Crippen LogP contribution in [0.5, 0.6) is 0 Å². The van der Waals surface area contributed by atoms with E-state index in [2.05, 4.69) is 46.3 Å². The normalized spacial score (nSPS) is 11.3. The first-order valence-electron chi connectivity index (χ1n) is 9.26. The minimum absolute atomic E-state index is 0.340. The van der Waals surface area contributed by atoms with E-state index in [1.807, 2.05) is 13.8 Å². The summed E-state index contributed by atoms with van der Waals surface area (Å²) in [6.45, 7) is 6.03. The topological polar surface area (TPSA) is 43.1 Å². The second-order valence-corrected chi connectivity index (χ2v) is 8.40. The second kappa shape index (κ2) is 8.13. The van der Waals surface area contributed by atoms with Crippen LogP contribution in [-0.2, 0) is 12.2 Å². The molecule has 0 fully saturated rings. The van der Waals surface area contributed by atoms with Gasteiger partial charge in [-0.3, -0.25) is 0 Å². The van der Waals surface area contributed by atoms with Crippen molar-refractivity contribution in [3.63, 3.8) is 0 Å². The molecular formula is C22H20ClFN4S. The number of rotatable bonds is 5. The third-order valence-corrected chi connectivity index (χ3v) is 6.16. The first kappa shape index (κ1) is 19.9. The molecule has 0 bridgehead atoms. The van der Waals surface area contributed by atoms with Gasteiger partial charge in [-0.2, -0.15) is 4.98 Å². The molecule has 0 aliphatic heterocycles. The molecule has 0 saturated carbocycles. The van der Waals surface area contributed by atoms with Crippen molar-refractivity contribution in [3.05, 3.63) is 86.9 Å². The number of thioether (sulfide) groups is 1. The zero-order valence-corrected chi connectivity index (χ0v) is 18.0. The van der Waals surface area contributed by atoms with Gasteiger partial charge in [-0.05, 0) is 49.6 Å². The van der Waals surface area contributed by atoms with Crippen LogP contribution >= 0.6 is 23.4 Å². The number of aryl methyl sites for hydroxylation is 3. The molecule has 0 saturated heterocycles. The van der Waals surface area contributed by atoms with Crippen molar-refractivity contribution in [1.82, 2.24) is 19.6 Å². The van der Waals surface area contributed by atoms with Crippen LogP contribution in [0.1, 0.15) is 33.6 Å². The summed E-state index contributed by atoms with van der Waals surface area (Å²) in [5.41, 5.74) is 6.18. The van der Waals surface area contributed by atoms with Gasteiger partial charge in [0.25, 0.3) is 5.78 Å². The number of nitrogens with zero attached hydrogens (tertiary/aromatic N) is 4. The van der Waals surface area contributed by atoms with Gasteiger partial charge in [0.05, 0.1) is 0 Å². The Balaban J connectivity index is 1.61. The van der Waals surface area contributed by atoms with Gasteiger partial charge in [0.1, 0.15) is 5.82 Å². The molecule has 0 spiro atoms. The monoisotopic (exact) mass is 426 g/mol. The van der Waals surface area contributed by atoms with Gasteiger partial charge in [-0.1, -0.05) is 59.3 Å². The van der Waals surface area contributed by atoms with Crippen LogP contribution in [0.4, 0.5) is 4.39 Å². The molecule has 0 unspecified atom stereocenters. The predicted octanol–water partition coefficient (Wildman–Crippen LogP) is 5.73. The lowest BCUT2D eigenvalue weighted by molar-refractivity contribution is 0.627. The Hall–Kier alpha value is -2.44. The fraction of sp³-hybridized carbons (Fsp3) is 0.227. The molecule has 4 aromatic rings. The van der Waals surface area contributed by atoms with Gasteiger partial charge >= 0.3 is 0 Å². The molecule has 0 aliphatic carbocycles. The highest BCUT2D eigenvalue weighted by molar-refractivity contribution is 7.98. The molecule has 0 amide bonds. The van der Waals surface area contributed by atoms with Crippen molar-refractivity contribution >= 4 is 29.1 Å². The molecule has 0 aliphatic rings. The zero-order valence-electron chi connectivity index (χ0n) is 16.4. The Morgan fingerprint density at radius 3 is 2.52 bits per heavy atom. The molecule has 0 N–H and O–H groups in total. The maximum Gasteiger partial charge on any atom is 0.253 e. The van der Waals surface area contributed by atoms with E-state index in [9.17, 15) is 4.39 Å². The molecule has 4 nitrogen and oxygen atoms in total. The Labute approximate surface area is 178 Å². The Morgan fingerprint density at radius 2 is 1.79 bits per heavy atom. The van der Waals surface area contributed by atoms with Gasteiger partial charge < -0.3 is 0 Å². The molecule has 29 heavy (non-hydrogen) atoms. The van der Waals surface area contributed by atoms with Crippen LogP contribution < -0.4 is 0 Å². The van der Waals surface area contributed by atoms with Crippen molar-refractivity contribution in [2.24, 2.45) is 0 Å². The highest BCUT2D eigenvalue weighted by Crippen LogP contribution is 2.25. The summed E-state index contributed by atoms with van der Waals surface area (Å²) >= 11 is 7.80. The summed E-state index contributed by atoms with van der Waals surface area (Å²) in [6, 6.07) is 12.9. The van der Waals surface area contributed by atoms with Gasteiger partial charge in [0.15, 0.2) is 0 Å². The van der Waals surface area contributed by atoms with Crippen LogP contribution in [0.15, 0.2) is 47.6 Å². The van der Waals surface area contributed by atoms with E-state index in [4.69, 9.17) is 11.6 Å². The summed E-state index contributed by atoms with van der Waals surface area (Å²) in [4.78, 5) is 9.20. The van der Waals surface area contributed by atoms with Crippen molar-refractivity contribution in [3.8, 4) is 0 Å². The summed E-state index contributed by atoms with van der Waals surface area (Å²) in [5, 5.41) is 5.74. The molecular weight excluding hydrogens is 407 g/mol. The lowest BCUT2D eigenvalue weighted by Gasteiger charge is -2.11. The van der Waals surface area contributed by atoms with E-state index in [0.717, 1.165) is 28.3 Å². The minimum atomic E-state index is -0.340. The van der Waals surface area contributed by atoms with Crippen LogP contribution in [0.3, 0.4) is 0 Å². The molecule has 2 heterocycles. The number of aromatic nitrogens is 4. The largest absolute Gasteiger partial charge is 0.253 e. The first-order valence-corrected chi connectivity index (χ1v) is 10.6. The Kier molecular flexibility index (Phi) is 5.56. The fourth-order valence-electron chi connectivity index (χ4n) is 3.19. The standard InChI is InChI=1S/C22H20ClFN4S/c1-13-4-6-16(7-5-13)12-29-22-26-21-25-14(2)19(15(3)28(21)27-22)10-17-8-9-18(24)11-20(17)23/h4-9,11H,10,12H2,1-3H3. The van der Waals surface area contributed by atoms with Gasteiger partial charge in [-0.25, -0.2) is 13.9 Å². The van der Waals surface area contributed by atoms with E-state index in [0.29, 0.717) is 22.4 Å². The highest BCUT2D eigenvalue weighted by atomic mass is 35.5. The smallest absolute Gasteiger partial charge is 0.216 e. The molecule has 7 heteroatoms. The Morgan fingerprint density at radius 1 is 1.03 bits per heavy atom.